The van der Waals surface area contributed by atoms with Crippen LogP contribution in [-0.4, -0.2) is 24.5 Å². The molecular weight excluding hydrogens is 562 g/mol. The lowest BCUT2D eigenvalue weighted by atomic mass is 10.1. The number of amides is 4. The van der Waals surface area contributed by atoms with Crippen LogP contribution >= 0.6 is 46.4 Å². The van der Waals surface area contributed by atoms with Crippen molar-refractivity contribution in [3.8, 4) is 11.5 Å². The minimum atomic E-state index is -0.903. The maximum atomic E-state index is 13.2. The van der Waals surface area contributed by atoms with Crippen LogP contribution in [-0.2, 0) is 16.2 Å². The van der Waals surface area contributed by atoms with Gasteiger partial charge in [-0.1, -0.05) is 64.6 Å². The van der Waals surface area contributed by atoms with E-state index in [1.54, 1.807) is 43.3 Å². The molecule has 3 aromatic carbocycles. The van der Waals surface area contributed by atoms with Crippen LogP contribution in [0, 0.1) is 0 Å². The number of ether oxygens (including phenoxy) is 2. The molecule has 1 saturated heterocycles. The Balaban J connectivity index is 1.66. The zero-order valence-corrected chi connectivity index (χ0v) is 22.2. The second-order valence-corrected chi connectivity index (χ2v) is 9.34. The number of urea groups is 1. The van der Waals surface area contributed by atoms with E-state index in [1.807, 2.05) is 0 Å². The predicted molar refractivity (Wildman–Crippen MR) is 144 cm³/mol. The fourth-order valence-corrected chi connectivity index (χ4v) is 4.35. The third-order valence-electron chi connectivity index (χ3n) is 5.20. The molecule has 37 heavy (non-hydrogen) atoms. The number of para-hydroxylation sites is 1. The number of rotatable bonds is 7. The highest BCUT2D eigenvalue weighted by molar-refractivity contribution is 6.42. The van der Waals surface area contributed by atoms with E-state index in [9.17, 15) is 14.4 Å². The zero-order chi connectivity index (χ0) is 26.7. The number of carbonyl (C=O) groups excluding carboxylic acids is 3. The highest BCUT2D eigenvalue weighted by atomic mass is 35.5. The van der Waals surface area contributed by atoms with Crippen molar-refractivity contribution in [2.45, 2.75) is 13.5 Å². The van der Waals surface area contributed by atoms with Gasteiger partial charge >= 0.3 is 6.03 Å². The molecule has 1 aliphatic heterocycles. The standard InChI is InChI=1S/C26H18Cl4N2O5/c1-2-36-22-12-15(11-20(30)23(22)37-13-14-7-8-17(27)19(29)10-14)9-16-24(33)31-26(35)32(25(16)34)21-6-4-3-5-18(21)28/h3-12H,2,13H2,1H3,(H,31,33,35)/b16-9+. The first-order valence-electron chi connectivity index (χ1n) is 10.9. The first-order chi connectivity index (χ1) is 17.7. The second-order valence-electron chi connectivity index (χ2n) is 7.71. The molecular formula is C26H18Cl4N2O5. The van der Waals surface area contributed by atoms with Crippen molar-refractivity contribution < 1.29 is 23.9 Å². The normalized spacial score (nSPS) is 14.7. The van der Waals surface area contributed by atoms with Crippen molar-refractivity contribution in [1.29, 1.82) is 0 Å². The van der Waals surface area contributed by atoms with Gasteiger partial charge in [-0.3, -0.25) is 14.9 Å². The Kier molecular flexibility index (Phi) is 8.29. The van der Waals surface area contributed by atoms with Crippen LogP contribution in [0.5, 0.6) is 11.5 Å². The molecule has 1 aliphatic rings. The molecule has 0 aliphatic carbocycles. The topological polar surface area (TPSA) is 84.9 Å². The van der Waals surface area contributed by atoms with Crippen LogP contribution < -0.4 is 19.7 Å². The lowest BCUT2D eigenvalue weighted by Gasteiger charge is -2.27. The first kappa shape index (κ1) is 26.8. The minimum absolute atomic E-state index is 0.132. The Bertz CT molecular complexity index is 1440. The molecule has 0 spiro atoms. The predicted octanol–water partition coefficient (Wildman–Crippen LogP) is 6.94. The summed E-state index contributed by atoms with van der Waals surface area (Å²) >= 11 is 24.7. The van der Waals surface area contributed by atoms with E-state index in [2.05, 4.69) is 5.32 Å². The average Bonchev–Trinajstić information content (AvgIpc) is 2.84. The van der Waals surface area contributed by atoms with Gasteiger partial charge in [-0.25, -0.2) is 9.69 Å². The molecule has 190 valence electrons. The Morgan fingerprint density at radius 3 is 2.32 bits per heavy atom. The third kappa shape index (κ3) is 5.86. The van der Waals surface area contributed by atoms with Gasteiger partial charge in [0.05, 0.1) is 32.4 Å². The maximum absolute atomic E-state index is 13.2. The molecule has 0 saturated carbocycles. The van der Waals surface area contributed by atoms with E-state index < -0.39 is 17.8 Å². The van der Waals surface area contributed by atoms with Crippen molar-refractivity contribution in [1.82, 2.24) is 5.32 Å². The first-order valence-corrected chi connectivity index (χ1v) is 12.4. The SMILES string of the molecule is CCOc1cc(/C=C2\C(=O)NC(=O)N(c3ccccc3Cl)C2=O)cc(Cl)c1OCc1ccc(Cl)c(Cl)c1. The summed E-state index contributed by atoms with van der Waals surface area (Å²) in [6.07, 6.45) is 1.31. The third-order valence-corrected chi connectivity index (χ3v) is 6.54. The molecule has 1 N–H and O–H groups in total. The molecule has 0 aromatic heterocycles. The summed E-state index contributed by atoms with van der Waals surface area (Å²) in [6.45, 7) is 2.22. The number of nitrogens with one attached hydrogen (secondary N) is 1. The smallest absolute Gasteiger partial charge is 0.335 e. The van der Waals surface area contributed by atoms with Gasteiger partial charge in [-0.15, -0.1) is 0 Å². The number of benzene rings is 3. The summed E-state index contributed by atoms with van der Waals surface area (Å²) in [6, 6.07) is 13.6. The average molecular weight is 580 g/mol. The van der Waals surface area contributed by atoms with E-state index in [0.717, 1.165) is 10.5 Å². The number of nitrogens with zero attached hydrogens (tertiary/aromatic N) is 1. The number of hydrogen-bond acceptors (Lipinski definition) is 5. The van der Waals surface area contributed by atoms with Gasteiger partial charge in [0.1, 0.15) is 12.2 Å². The van der Waals surface area contributed by atoms with Gasteiger partial charge in [0.15, 0.2) is 11.5 Å². The Labute approximate surface area is 232 Å². The molecule has 1 heterocycles. The van der Waals surface area contributed by atoms with Crippen molar-refractivity contribution in [2.75, 3.05) is 11.5 Å². The summed E-state index contributed by atoms with van der Waals surface area (Å²) in [4.78, 5) is 39.0. The largest absolute Gasteiger partial charge is 0.490 e. The van der Waals surface area contributed by atoms with Crippen LogP contribution in [0.25, 0.3) is 6.08 Å². The lowest BCUT2D eigenvalue weighted by molar-refractivity contribution is -0.122. The van der Waals surface area contributed by atoms with Crippen molar-refractivity contribution in [3.05, 3.63) is 91.4 Å². The molecule has 0 radical (unpaired) electrons. The monoisotopic (exact) mass is 578 g/mol. The Morgan fingerprint density at radius 2 is 1.62 bits per heavy atom. The summed E-state index contributed by atoms with van der Waals surface area (Å²) in [5.41, 5.74) is 0.988. The van der Waals surface area contributed by atoms with Gasteiger partial charge in [0.25, 0.3) is 11.8 Å². The number of imide groups is 2. The van der Waals surface area contributed by atoms with Crippen molar-refractivity contribution in [2.24, 2.45) is 0 Å². The molecule has 0 bridgehead atoms. The van der Waals surface area contributed by atoms with Crippen LogP contribution in [0.1, 0.15) is 18.1 Å². The quantitative estimate of drug-likeness (QED) is 0.242. The lowest BCUT2D eigenvalue weighted by Crippen LogP contribution is -2.54. The van der Waals surface area contributed by atoms with Crippen LogP contribution in [0.15, 0.2) is 60.2 Å². The molecule has 4 rings (SSSR count). The van der Waals surface area contributed by atoms with E-state index in [0.29, 0.717) is 28.0 Å². The van der Waals surface area contributed by atoms with Gasteiger partial charge in [0, 0.05) is 0 Å². The van der Waals surface area contributed by atoms with Crippen molar-refractivity contribution in [3.63, 3.8) is 0 Å². The fourth-order valence-electron chi connectivity index (χ4n) is 3.54. The highest BCUT2D eigenvalue weighted by Crippen LogP contribution is 2.38. The number of anilines is 1. The fraction of sp³-hybridized carbons (Fsp3) is 0.115. The second kappa shape index (κ2) is 11.4. The molecule has 1 fully saturated rings. The van der Waals surface area contributed by atoms with Gasteiger partial charge in [-0.2, -0.15) is 0 Å². The number of hydrogen-bond donors (Lipinski definition) is 1. The van der Waals surface area contributed by atoms with Gasteiger partial charge in [-0.05, 0) is 60.5 Å². The van der Waals surface area contributed by atoms with Crippen LogP contribution in [0.2, 0.25) is 20.1 Å². The van der Waals surface area contributed by atoms with E-state index in [-0.39, 0.29) is 33.7 Å². The minimum Gasteiger partial charge on any atom is -0.490 e. The van der Waals surface area contributed by atoms with Gasteiger partial charge in [0.2, 0.25) is 0 Å². The highest BCUT2D eigenvalue weighted by Gasteiger charge is 2.37. The molecule has 3 aromatic rings. The molecule has 11 heteroatoms. The zero-order valence-electron chi connectivity index (χ0n) is 19.2. The number of carbonyl (C=O) groups is 3. The maximum Gasteiger partial charge on any atom is 0.335 e. The van der Waals surface area contributed by atoms with Crippen LogP contribution in [0.3, 0.4) is 0 Å². The summed E-state index contributed by atoms with van der Waals surface area (Å²) in [5, 5.41) is 3.32. The van der Waals surface area contributed by atoms with Crippen molar-refractivity contribution >= 4 is 76.0 Å². The summed E-state index contributed by atoms with van der Waals surface area (Å²) in [5.74, 6) is -1.13. The molecule has 7 nitrogen and oxygen atoms in total. The molecule has 0 unspecified atom stereocenters. The summed E-state index contributed by atoms with van der Waals surface area (Å²) < 4.78 is 11.6. The van der Waals surface area contributed by atoms with E-state index in [4.69, 9.17) is 55.9 Å². The molecule has 4 amide bonds. The van der Waals surface area contributed by atoms with Gasteiger partial charge < -0.3 is 9.47 Å². The number of barbiturate groups is 1. The Hall–Kier alpha value is -3.23. The Morgan fingerprint density at radius 1 is 0.865 bits per heavy atom. The van der Waals surface area contributed by atoms with E-state index >= 15 is 0 Å². The number of halogens is 4. The van der Waals surface area contributed by atoms with E-state index in [1.165, 1.54) is 24.3 Å². The molecule has 0 atom stereocenters. The van der Waals surface area contributed by atoms with Crippen LogP contribution in [0.4, 0.5) is 10.5 Å². The summed E-state index contributed by atoms with van der Waals surface area (Å²) in [7, 11) is 0.